The molecule has 1 saturated carbocycles. The van der Waals surface area contributed by atoms with Crippen molar-refractivity contribution in [1.82, 2.24) is 5.32 Å². The van der Waals surface area contributed by atoms with E-state index >= 15 is 0 Å². The molecule has 0 aliphatic heterocycles. The summed E-state index contributed by atoms with van der Waals surface area (Å²) < 4.78 is 7.00. The summed E-state index contributed by atoms with van der Waals surface area (Å²) in [4.78, 5) is 0. The standard InChI is InChI=1S/C13H18BrNO/c1-15-8-10-6-12(7-10)16-9-11-4-2-3-5-13(11)14/h2-5,10,12,15H,6-9H2,1H3. The Balaban J connectivity index is 1.72. The van der Waals surface area contributed by atoms with Gasteiger partial charge in [0.25, 0.3) is 0 Å². The molecule has 1 aliphatic carbocycles. The van der Waals surface area contributed by atoms with Crippen LogP contribution in [-0.4, -0.2) is 19.7 Å². The Morgan fingerprint density at radius 2 is 2.12 bits per heavy atom. The van der Waals surface area contributed by atoms with Crippen LogP contribution in [0, 0.1) is 5.92 Å². The first-order chi connectivity index (χ1) is 7.79. The van der Waals surface area contributed by atoms with Crippen LogP contribution in [0.4, 0.5) is 0 Å². The third kappa shape index (κ3) is 3.06. The molecule has 2 nitrogen and oxygen atoms in total. The van der Waals surface area contributed by atoms with Crippen molar-refractivity contribution in [2.75, 3.05) is 13.6 Å². The van der Waals surface area contributed by atoms with Crippen molar-refractivity contribution in [3.63, 3.8) is 0 Å². The van der Waals surface area contributed by atoms with Crippen LogP contribution in [-0.2, 0) is 11.3 Å². The third-order valence-electron chi connectivity index (χ3n) is 3.12. The van der Waals surface area contributed by atoms with Gasteiger partial charge in [-0.15, -0.1) is 0 Å². The van der Waals surface area contributed by atoms with Crippen LogP contribution in [0.2, 0.25) is 0 Å². The highest BCUT2D eigenvalue weighted by Gasteiger charge is 2.29. The van der Waals surface area contributed by atoms with E-state index in [4.69, 9.17) is 4.74 Å². The zero-order valence-corrected chi connectivity index (χ0v) is 11.2. The van der Waals surface area contributed by atoms with Crippen molar-refractivity contribution < 1.29 is 4.74 Å². The van der Waals surface area contributed by atoms with Gasteiger partial charge in [0.05, 0.1) is 12.7 Å². The lowest BCUT2D eigenvalue weighted by atomic mass is 9.82. The molecule has 1 aliphatic rings. The molecule has 0 unspecified atom stereocenters. The average Bonchev–Trinajstić information content (AvgIpc) is 2.23. The second kappa shape index (κ2) is 5.80. The first kappa shape index (κ1) is 12.1. The molecule has 88 valence electrons. The van der Waals surface area contributed by atoms with E-state index in [1.165, 1.54) is 18.4 Å². The quantitative estimate of drug-likeness (QED) is 0.897. The highest BCUT2D eigenvalue weighted by molar-refractivity contribution is 9.10. The molecule has 0 saturated heterocycles. The van der Waals surface area contributed by atoms with Crippen LogP contribution in [0.1, 0.15) is 18.4 Å². The molecule has 0 bridgehead atoms. The molecule has 0 spiro atoms. The van der Waals surface area contributed by atoms with Gasteiger partial charge in [-0.1, -0.05) is 34.1 Å². The van der Waals surface area contributed by atoms with Crippen molar-refractivity contribution in [2.45, 2.75) is 25.6 Å². The predicted octanol–water partition coefficient (Wildman–Crippen LogP) is 2.96. The molecule has 2 rings (SSSR count). The molecule has 0 heterocycles. The number of halogens is 1. The molecule has 0 radical (unpaired) electrons. The first-order valence-electron chi connectivity index (χ1n) is 5.79. The van der Waals surface area contributed by atoms with E-state index in [0.717, 1.165) is 23.5 Å². The summed E-state index contributed by atoms with van der Waals surface area (Å²) in [6.07, 6.45) is 2.86. The van der Waals surface area contributed by atoms with Gasteiger partial charge in [0, 0.05) is 4.47 Å². The molecule has 0 amide bonds. The van der Waals surface area contributed by atoms with E-state index < -0.39 is 0 Å². The highest BCUT2D eigenvalue weighted by Crippen LogP contribution is 2.30. The zero-order valence-electron chi connectivity index (χ0n) is 9.58. The fraction of sp³-hybridized carbons (Fsp3) is 0.538. The van der Waals surface area contributed by atoms with Gasteiger partial charge in [0.2, 0.25) is 0 Å². The lowest BCUT2D eigenvalue weighted by Gasteiger charge is -2.35. The summed E-state index contributed by atoms with van der Waals surface area (Å²) >= 11 is 3.53. The second-order valence-electron chi connectivity index (χ2n) is 4.42. The lowest BCUT2D eigenvalue weighted by Crippen LogP contribution is -2.36. The van der Waals surface area contributed by atoms with E-state index in [1.54, 1.807) is 0 Å². The Kier molecular flexibility index (Phi) is 4.38. The average molecular weight is 284 g/mol. The van der Waals surface area contributed by atoms with Crippen LogP contribution in [0.25, 0.3) is 0 Å². The molecular weight excluding hydrogens is 266 g/mol. The number of rotatable bonds is 5. The van der Waals surface area contributed by atoms with Gasteiger partial charge in [-0.25, -0.2) is 0 Å². The number of ether oxygens (including phenoxy) is 1. The van der Waals surface area contributed by atoms with Gasteiger partial charge in [0.15, 0.2) is 0 Å². The Labute approximate surface area is 106 Å². The van der Waals surface area contributed by atoms with Gasteiger partial charge in [-0.05, 0) is 44.0 Å². The zero-order chi connectivity index (χ0) is 11.4. The number of hydrogen-bond acceptors (Lipinski definition) is 2. The highest BCUT2D eigenvalue weighted by atomic mass is 79.9. The molecule has 1 N–H and O–H groups in total. The molecule has 3 heteroatoms. The Hall–Kier alpha value is -0.380. The molecular formula is C13H18BrNO. The van der Waals surface area contributed by atoms with Crippen LogP contribution >= 0.6 is 15.9 Å². The van der Waals surface area contributed by atoms with E-state index in [0.29, 0.717) is 6.10 Å². The van der Waals surface area contributed by atoms with Gasteiger partial charge < -0.3 is 10.1 Å². The minimum Gasteiger partial charge on any atom is -0.373 e. The van der Waals surface area contributed by atoms with E-state index in [1.807, 2.05) is 19.2 Å². The summed E-state index contributed by atoms with van der Waals surface area (Å²) in [7, 11) is 2.01. The minimum atomic E-state index is 0.463. The van der Waals surface area contributed by atoms with Crippen molar-refractivity contribution in [2.24, 2.45) is 5.92 Å². The fourth-order valence-electron chi connectivity index (χ4n) is 2.09. The Morgan fingerprint density at radius 3 is 2.81 bits per heavy atom. The van der Waals surface area contributed by atoms with Gasteiger partial charge in [0.1, 0.15) is 0 Å². The van der Waals surface area contributed by atoms with Crippen molar-refractivity contribution in [3.05, 3.63) is 34.3 Å². The van der Waals surface area contributed by atoms with Crippen LogP contribution in [0.15, 0.2) is 28.7 Å². The Bertz CT molecular complexity index is 336. The maximum atomic E-state index is 5.86. The molecule has 16 heavy (non-hydrogen) atoms. The molecule has 1 aromatic carbocycles. The smallest absolute Gasteiger partial charge is 0.0731 e. The monoisotopic (exact) mass is 283 g/mol. The third-order valence-corrected chi connectivity index (χ3v) is 3.89. The number of nitrogens with one attached hydrogen (secondary N) is 1. The van der Waals surface area contributed by atoms with E-state index in [-0.39, 0.29) is 0 Å². The van der Waals surface area contributed by atoms with Crippen molar-refractivity contribution in [1.29, 1.82) is 0 Å². The number of benzene rings is 1. The predicted molar refractivity (Wildman–Crippen MR) is 69.4 cm³/mol. The largest absolute Gasteiger partial charge is 0.373 e. The maximum absolute atomic E-state index is 5.86. The SMILES string of the molecule is CNCC1CC(OCc2ccccc2Br)C1. The Morgan fingerprint density at radius 1 is 1.38 bits per heavy atom. The van der Waals surface area contributed by atoms with E-state index in [9.17, 15) is 0 Å². The fourth-order valence-corrected chi connectivity index (χ4v) is 2.49. The second-order valence-corrected chi connectivity index (χ2v) is 5.27. The van der Waals surface area contributed by atoms with E-state index in [2.05, 4.69) is 33.4 Å². The van der Waals surface area contributed by atoms with Crippen LogP contribution in [0.5, 0.6) is 0 Å². The maximum Gasteiger partial charge on any atom is 0.0731 e. The minimum absolute atomic E-state index is 0.463. The summed E-state index contributed by atoms with van der Waals surface area (Å²) in [5, 5.41) is 3.21. The van der Waals surface area contributed by atoms with Crippen molar-refractivity contribution in [3.8, 4) is 0 Å². The molecule has 0 aromatic heterocycles. The van der Waals surface area contributed by atoms with Gasteiger partial charge in [-0.2, -0.15) is 0 Å². The normalized spacial score (nSPS) is 24.1. The first-order valence-corrected chi connectivity index (χ1v) is 6.58. The van der Waals surface area contributed by atoms with Crippen molar-refractivity contribution >= 4 is 15.9 Å². The van der Waals surface area contributed by atoms with Gasteiger partial charge in [-0.3, -0.25) is 0 Å². The molecule has 0 atom stereocenters. The van der Waals surface area contributed by atoms with Crippen LogP contribution < -0.4 is 5.32 Å². The summed E-state index contributed by atoms with van der Waals surface area (Å²) in [6, 6.07) is 8.24. The summed E-state index contributed by atoms with van der Waals surface area (Å²) in [5.74, 6) is 0.814. The van der Waals surface area contributed by atoms with Crippen LogP contribution in [0.3, 0.4) is 0 Å². The summed E-state index contributed by atoms with van der Waals surface area (Å²) in [6.45, 7) is 1.84. The molecule has 1 fully saturated rings. The lowest BCUT2D eigenvalue weighted by molar-refractivity contribution is -0.0393. The molecule has 1 aromatic rings. The van der Waals surface area contributed by atoms with Gasteiger partial charge >= 0.3 is 0 Å². The number of hydrogen-bond donors (Lipinski definition) is 1. The summed E-state index contributed by atoms with van der Waals surface area (Å²) in [5.41, 5.74) is 1.24. The topological polar surface area (TPSA) is 21.3 Å².